The Labute approximate surface area is 331 Å². The van der Waals surface area contributed by atoms with E-state index >= 15 is 0 Å². The largest absolute Gasteiger partial charge is 0.228 e. The van der Waals surface area contributed by atoms with Gasteiger partial charge in [0, 0.05) is 33.4 Å². The number of hydrogen-bond donors (Lipinski definition) is 0. The minimum Gasteiger partial charge on any atom is -0.228 e. The fraction of sp³-hybridized carbons (Fsp3) is 0.137. The molecular formula is C51H36N6. The molecule has 0 radical (unpaired) electrons. The minimum atomic E-state index is 0.570. The molecule has 270 valence electrons. The molecule has 2 unspecified atom stereocenters. The van der Waals surface area contributed by atoms with Crippen LogP contribution in [0.15, 0.2) is 164 Å². The molecule has 6 heteroatoms. The first-order valence-electron chi connectivity index (χ1n) is 19.7. The predicted molar refractivity (Wildman–Crippen MR) is 224 cm³/mol. The van der Waals surface area contributed by atoms with Gasteiger partial charge in [0.25, 0.3) is 0 Å². The number of nitrogens with zero attached hydrogens (tertiary/aromatic N) is 6. The van der Waals surface area contributed by atoms with Crippen LogP contribution in [-0.2, 0) is 0 Å². The van der Waals surface area contributed by atoms with Crippen LogP contribution in [0.5, 0.6) is 0 Å². The molecule has 6 aromatic carbocycles. The van der Waals surface area contributed by atoms with Crippen molar-refractivity contribution in [1.82, 2.24) is 24.9 Å². The summed E-state index contributed by atoms with van der Waals surface area (Å²) in [6.07, 6.45) is 2.82. The Balaban J connectivity index is 0.953. The lowest BCUT2D eigenvalue weighted by Gasteiger charge is -2.73. The SMILES string of the molecule is N#Cc1ccccc1-c1ccc(-c2nc(-c3ccccc3)nc(-c3ccc(-c4nc(-c5ccccc5)cc(-c5cccc(C6C7CC8CC6C87)c5)n4)cc3)n2)cc1. The van der Waals surface area contributed by atoms with Crippen molar-refractivity contribution >= 4 is 0 Å². The topological polar surface area (TPSA) is 88.2 Å². The van der Waals surface area contributed by atoms with Gasteiger partial charge in [-0.05, 0) is 77.3 Å². The molecule has 0 spiro atoms. The van der Waals surface area contributed by atoms with E-state index in [0.717, 1.165) is 79.6 Å². The van der Waals surface area contributed by atoms with Crippen LogP contribution in [0.3, 0.4) is 0 Å². The number of benzene rings is 6. The van der Waals surface area contributed by atoms with Gasteiger partial charge < -0.3 is 0 Å². The highest BCUT2D eigenvalue weighted by Crippen LogP contribution is 2.75. The van der Waals surface area contributed by atoms with Crippen molar-refractivity contribution in [3.05, 3.63) is 175 Å². The highest BCUT2D eigenvalue weighted by Gasteiger charge is 2.67. The highest BCUT2D eigenvalue weighted by molar-refractivity contribution is 5.75. The van der Waals surface area contributed by atoms with Gasteiger partial charge in [0.1, 0.15) is 0 Å². The zero-order valence-electron chi connectivity index (χ0n) is 31.1. The summed E-state index contributed by atoms with van der Waals surface area (Å²) in [6.45, 7) is 0. The van der Waals surface area contributed by atoms with Gasteiger partial charge in [-0.1, -0.05) is 146 Å². The Hall–Kier alpha value is -7.10. The summed E-state index contributed by atoms with van der Waals surface area (Å²) < 4.78 is 0. The second kappa shape index (κ2) is 13.6. The average molecular weight is 733 g/mol. The number of rotatable bonds is 8. The van der Waals surface area contributed by atoms with E-state index in [2.05, 4.69) is 72.8 Å². The average Bonchev–Trinajstić information content (AvgIpc) is 3.29. The van der Waals surface area contributed by atoms with E-state index in [-0.39, 0.29) is 0 Å². The predicted octanol–water partition coefficient (Wildman–Crippen LogP) is 11.6. The second-order valence-electron chi connectivity index (χ2n) is 15.6. The monoisotopic (exact) mass is 732 g/mol. The van der Waals surface area contributed by atoms with Gasteiger partial charge in [-0.3, -0.25) is 0 Å². The third-order valence-corrected chi connectivity index (χ3v) is 12.5. The standard InChI is InChI=1S/C51H36N6/c52-30-39-14-7-8-17-41(39)31-18-20-35(21-19-31)50-55-49(33-12-5-2-6-13-33)56-51(57-50)36-24-22-34(23-25-36)48-53-44(32-10-3-1-4-11-32)29-45(54-48)37-15-9-16-38(26-37)46-42-27-40-28-43(46)47(40)42/h1-26,29,40,42-43,46-47H,27-28H2. The molecule has 2 atom stereocenters. The van der Waals surface area contributed by atoms with Crippen LogP contribution in [0, 0.1) is 35.0 Å². The van der Waals surface area contributed by atoms with Crippen molar-refractivity contribution in [1.29, 1.82) is 5.26 Å². The molecular weight excluding hydrogens is 697 g/mol. The molecule has 2 heterocycles. The lowest BCUT2D eigenvalue weighted by atomic mass is 9.31. The Morgan fingerprint density at radius 1 is 0.421 bits per heavy atom. The molecule has 3 fully saturated rings. The Bertz CT molecular complexity index is 2820. The molecule has 11 rings (SSSR count). The maximum atomic E-state index is 9.67. The van der Waals surface area contributed by atoms with Crippen LogP contribution in [0.2, 0.25) is 0 Å². The van der Waals surface area contributed by atoms with Crippen LogP contribution in [0.4, 0.5) is 0 Å². The van der Waals surface area contributed by atoms with E-state index in [0.29, 0.717) is 34.8 Å². The summed E-state index contributed by atoms with van der Waals surface area (Å²) >= 11 is 0. The summed E-state index contributed by atoms with van der Waals surface area (Å²) in [4.78, 5) is 25.2. The van der Waals surface area contributed by atoms with Gasteiger partial charge in [0.05, 0.1) is 23.0 Å². The van der Waals surface area contributed by atoms with Crippen LogP contribution in [-0.4, -0.2) is 24.9 Å². The second-order valence-corrected chi connectivity index (χ2v) is 15.6. The van der Waals surface area contributed by atoms with Crippen molar-refractivity contribution in [2.75, 3.05) is 0 Å². The Kier molecular flexibility index (Phi) is 7.92. The summed E-state index contributed by atoms with van der Waals surface area (Å²) in [5.74, 6) is 6.88. The maximum absolute atomic E-state index is 9.67. The fourth-order valence-electron chi connectivity index (χ4n) is 9.62. The van der Waals surface area contributed by atoms with Gasteiger partial charge in [0.15, 0.2) is 23.3 Å². The molecule has 0 saturated heterocycles. The van der Waals surface area contributed by atoms with Crippen molar-refractivity contribution in [2.24, 2.45) is 23.7 Å². The first-order chi connectivity index (χ1) is 28.2. The van der Waals surface area contributed by atoms with Crippen molar-refractivity contribution in [2.45, 2.75) is 18.8 Å². The number of aromatic nitrogens is 5. The lowest BCUT2D eigenvalue weighted by molar-refractivity contribution is -0.214. The van der Waals surface area contributed by atoms with Crippen LogP contribution in [0.1, 0.15) is 29.9 Å². The molecule has 0 aliphatic heterocycles. The van der Waals surface area contributed by atoms with Crippen molar-refractivity contribution in [3.8, 4) is 85.3 Å². The van der Waals surface area contributed by atoms with Crippen molar-refractivity contribution < 1.29 is 0 Å². The molecule has 8 aromatic rings. The van der Waals surface area contributed by atoms with Crippen LogP contribution >= 0.6 is 0 Å². The minimum absolute atomic E-state index is 0.570. The van der Waals surface area contributed by atoms with E-state index in [1.165, 1.54) is 18.4 Å². The maximum Gasteiger partial charge on any atom is 0.164 e. The van der Waals surface area contributed by atoms with E-state index < -0.39 is 0 Å². The lowest BCUT2D eigenvalue weighted by Crippen LogP contribution is -2.65. The van der Waals surface area contributed by atoms with E-state index in [1.54, 1.807) is 0 Å². The van der Waals surface area contributed by atoms with E-state index in [9.17, 15) is 5.26 Å². The quantitative estimate of drug-likeness (QED) is 0.155. The van der Waals surface area contributed by atoms with E-state index in [4.69, 9.17) is 24.9 Å². The summed E-state index contributed by atoms with van der Waals surface area (Å²) in [5.41, 5.74) is 11.5. The van der Waals surface area contributed by atoms with Gasteiger partial charge in [-0.15, -0.1) is 0 Å². The zero-order chi connectivity index (χ0) is 37.9. The normalized spacial score (nSPS) is 19.9. The number of nitriles is 1. The first kappa shape index (κ1) is 33.3. The third kappa shape index (κ3) is 5.82. The molecule has 3 aliphatic rings. The van der Waals surface area contributed by atoms with Gasteiger partial charge in [-0.25, -0.2) is 24.9 Å². The molecule has 6 nitrogen and oxygen atoms in total. The molecule has 2 aromatic heterocycles. The molecule has 57 heavy (non-hydrogen) atoms. The smallest absolute Gasteiger partial charge is 0.164 e. The summed E-state index contributed by atoms with van der Waals surface area (Å²) in [7, 11) is 0. The first-order valence-corrected chi connectivity index (χ1v) is 19.7. The Morgan fingerprint density at radius 3 is 1.46 bits per heavy atom. The van der Waals surface area contributed by atoms with Gasteiger partial charge >= 0.3 is 0 Å². The molecule has 0 N–H and O–H groups in total. The Morgan fingerprint density at radius 2 is 0.895 bits per heavy atom. The molecule has 3 saturated carbocycles. The zero-order valence-corrected chi connectivity index (χ0v) is 31.1. The fourth-order valence-corrected chi connectivity index (χ4v) is 9.62. The summed E-state index contributed by atoms with van der Waals surface area (Å²) in [6, 6.07) is 57.8. The van der Waals surface area contributed by atoms with E-state index in [1.807, 2.05) is 97.1 Å². The number of hydrogen-bond acceptors (Lipinski definition) is 6. The van der Waals surface area contributed by atoms with Gasteiger partial charge in [-0.2, -0.15) is 5.26 Å². The van der Waals surface area contributed by atoms with Gasteiger partial charge in [0.2, 0.25) is 0 Å². The van der Waals surface area contributed by atoms with Crippen LogP contribution < -0.4 is 0 Å². The summed E-state index contributed by atoms with van der Waals surface area (Å²) in [5, 5.41) is 9.67. The third-order valence-electron chi connectivity index (χ3n) is 12.5. The van der Waals surface area contributed by atoms with Crippen LogP contribution in [0.25, 0.3) is 79.2 Å². The molecule has 0 amide bonds. The molecule has 3 aliphatic carbocycles. The van der Waals surface area contributed by atoms with Crippen molar-refractivity contribution in [3.63, 3.8) is 0 Å². The highest BCUT2D eigenvalue weighted by atomic mass is 15.0. The molecule has 0 bridgehead atoms.